The predicted octanol–water partition coefficient (Wildman–Crippen LogP) is 5.81. The third-order valence-electron chi connectivity index (χ3n) is 7.79. The fourth-order valence-corrected chi connectivity index (χ4v) is 8.08. The van der Waals surface area contributed by atoms with Gasteiger partial charge in [-0.2, -0.15) is 0 Å². The van der Waals surface area contributed by atoms with Crippen molar-refractivity contribution in [2.75, 3.05) is 25.6 Å². The number of carbonyl (C=O) groups is 1. The summed E-state index contributed by atoms with van der Waals surface area (Å²) < 4.78 is 14.0. The van der Waals surface area contributed by atoms with E-state index < -0.39 is 19.5 Å². The zero-order chi connectivity index (χ0) is 26.9. The molecule has 2 N–H and O–H groups in total. The number of aromatic nitrogens is 1. The number of ether oxygens (including phenoxy) is 1. The fourth-order valence-electron chi connectivity index (χ4n) is 4.41. The van der Waals surface area contributed by atoms with Gasteiger partial charge >= 0.3 is 0 Å². The number of amides is 1. The Bertz CT molecular complexity index is 1140. The van der Waals surface area contributed by atoms with Gasteiger partial charge in [-0.05, 0) is 52.6 Å². The van der Waals surface area contributed by atoms with Gasteiger partial charge < -0.3 is 19.6 Å². The number of nitrogens with zero attached hydrogens (tertiary/aromatic N) is 2. The van der Waals surface area contributed by atoms with E-state index in [0.717, 1.165) is 15.4 Å². The summed E-state index contributed by atoms with van der Waals surface area (Å²) in [6.07, 6.45) is 1.19. The van der Waals surface area contributed by atoms with Gasteiger partial charge in [0, 0.05) is 35.6 Å². The second kappa shape index (κ2) is 11.2. The molecule has 0 spiro atoms. The van der Waals surface area contributed by atoms with Gasteiger partial charge in [0.15, 0.2) is 13.5 Å². The van der Waals surface area contributed by atoms with Crippen LogP contribution in [0.25, 0.3) is 0 Å². The Morgan fingerprint density at radius 2 is 2.05 bits per heavy atom. The van der Waals surface area contributed by atoms with Crippen molar-refractivity contribution < 1.29 is 19.1 Å². The Balaban J connectivity index is 1.62. The summed E-state index contributed by atoms with van der Waals surface area (Å²) in [5.74, 6) is 0.674. The molecule has 1 unspecified atom stereocenters. The summed E-state index contributed by atoms with van der Waals surface area (Å²) in [6.45, 7) is 11.9. The third-order valence-corrected chi connectivity index (χ3v) is 15.0. The van der Waals surface area contributed by atoms with Crippen molar-refractivity contribution in [1.29, 1.82) is 0 Å². The number of rotatable bonds is 7. The molecule has 3 heterocycles. The molecular formula is C26H36BrN3O4S2Si. The van der Waals surface area contributed by atoms with Crippen molar-refractivity contribution in [3.05, 3.63) is 50.9 Å². The Hall–Kier alpha value is -1.08. The molecule has 3 atom stereocenters. The fraction of sp³-hybridized carbons (Fsp3) is 0.577. The average molecular weight is 627 g/mol. The van der Waals surface area contributed by atoms with Crippen LogP contribution in [0.5, 0.6) is 0 Å². The van der Waals surface area contributed by atoms with Gasteiger partial charge in [0.2, 0.25) is 0 Å². The number of halogens is 1. The topological polar surface area (TPSA) is 93.0 Å². The number of aliphatic hydroxyl groups excluding tert-OH is 1. The van der Waals surface area contributed by atoms with Crippen LogP contribution in [-0.4, -0.2) is 60.7 Å². The maximum atomic E-state index is 12.9. The van der Waals surface area contributed by atoms with Crippen molar-refractivity contribution in [1.82, 2.24) is 10.3 Å². The highest BCUT2D eigenvalue weighted by Crippen LogP contribution is 2.51. The Morgan fingerprint density at radius 1 is 1.32 bits per heavy atom. The van der Waals surface area contributed by atoms with Crippen molar-refractivity contribution in [3.8, 4) is 0 Å². The molecule has 7 nitrogen and oxygen atoms in total. The summed E-state index contributed by atoms with van der Waals surface area (Å²) in [5, 5.41) is 16.5. The van der Waals surface area contributed by atoms with Gasteiger partial charge in [-0.3, -0.25) is 4.79 Å². The minimum absolute atomic E-state index is 0.0260. The minimum atomic E-state index is -2.01. The smallest absolute Gasteiger partial charge is 0.257 e. The lowest BCUT2D eigenvalue weighted by Gasteiger charge is -2.51. The van der Waals surface area contributed by atoms with Gasteiger partial charge in [0.1, 0.15) is 15.1 Å². The van der Waals surface area contributed by atoms with E-state index in [4.69, 9.17) is 19.1 Å². The first-order chi connectivity index (χ1) is 17.4. The molecule has 0 aliphatic carbocycles. The van der Waals surface area contributed by atoms with E-state index in [1.54, 1.807) is 35.2 Å². The van der Waals surface area contributed by atoms with E-state index in [1.165, 1.54) is 0 Å². The van der Waals surface area contributed by atoms with Crippen LogP contribution in [0.1, 0.15) is 49.0 Å². The summed E-state index contributed by atoms with van der Waals surface area (Å²) in [7, 11) is -2.01. The molecule has 4 rings (SSSR count). The molecule has 2 aliphatic heterocycles. The zero-order valence-electron chi connectivity index (χ0n) is 22.0. The number of nitrogens with one attached hydrogen (secondary N) is 1. The standard InChI is InChI=1S/C26H36BrN3O4S2Si/c1-24(2,3)37(4,5)34-16-25(11-12-31)13-19-14-36-23(29-21(32)18-9-7-6-8-10-18)30-26(19,17-33-25)22-28-20(27)15-35-22/h6-10,15,19,31H,11-14,16-17H2,1-5H3,(H,29,30,32)/t19?,25-,26+/m1/s1. The second-order valence-corrected chi connectivity index (χ2v) is 18.8. The van der Waals surface area contributed by atoms with E-state index in [9.17, 15) is 9.90 Å². The number of aliphatic hydroxyl groups is 1. The molecule has 202 valence electrons. The van der Waals surface area contributed by atoms with Crippen LogP contribution < -0.4 is 5.32 Å². The number of benzene rings is 1. The van der Waals surface area contributed by atoms with Crippen LogP contribution >= 0.6 is 39.0 Å². The van der Waals surface area contributed by atoms with E-state index in [0.29, 0.717) is 36.8 Å². The first-order valence-electron chi connectivity index (χ1n) is 12.5. The van der Waals surface area contributed by atoms with Gasteiger partial charge in [-0.15, -0.1) is 11.3 Å². The van der Waals surface area contributed by atoms with E-state index in [1.807, 2.05) is 23.6 Å². The van der Waals surface area contributed by atoms with Crippen LogP contribution in [0, 0.1) is 5.92 Å². The molecule has 1 aromatic heterocycles. The lowest BCUT2D eigenvalue weighted by molar-refractivity contribution is -0.157. The monoisotopic (exact) mass is 625 g/mol. The molecule has 0 bridgehead atoms. The predicted molar refractivity (Wildman–Crippen MR) is 157 cm³/mol. The van der Waals surface area contributed by atoms with Crippen LogP contribution in [0.2, 0.25) is 18.1 Å². The number of aliphatic imine (C=N–C) groups is 1. The summed E-state index contributed by atoms with van der Waals surface area (Å²) >= 11 is 6.59. The highest BCUT2D eigenvalue weighted by molar-refractivity contribution is 9.10. The van der Waals surface area contributed by atoms with E-state index in [2.05, 4.69) is 55.1 Å². The number of thiazole rings is 1. The van der Waals surface area contributed by atoms with Gasteiger partial charge in [-0.25, -0.2) is 9.98 Å². The van der Waals surface area contributed by atoms with Crippen molar-refractivity contribution >= 4 is 58.4 Å². The first-order valence-corrected chi connectivity index (χ1v) is 18.1. The first kappa shape index (κ1) is 28.9. The van der Waals surface area contributed by atoms with Crippen LogP contribution in [0.4, 0.5) is 0 Å². The van der Waals surface area contributed by atoms with Crippen molar-refractivity contribution in [2.24, 2.45) is 10.9 Å². The molecule has 1 aromatic carbocycles. The minimum Gasteiger partial charge on any atom is -0.414 e. The molecule has 1 fully saturated rings. The number of thioether (sulfide) groups is 1. The second-order valence-electron chi connectivity index (χ2n) is 11.3. The number of fused-ring (bicyclic) bond motifs is 1. The number of hydrogen-bond donors (Lipinski definition) is 2. The summed E-state index contributed by atoms with van der Waals surface area (Å²) in [5.41, 5.74) is -0.714. The Labute approximate surface area is 237 Å². The largest absolute Gasteiger partial charge is 0.414 e. The quantitative estimate of drug-likeness (QED) is 0.377. The molecule has 37 heavy (non-hydrogen) atoms. The highest BCUT2D eigenvalue weighted by atomic mass is 79.9. The van der Waals surface area contributed by atoms with E-state index >= 15 is 0 Å². The Morgan fingerprint density at radius 3 is 2.68 bits per heavy atom. The van der Waals surface area contributed by atoms with Gasteiger partial charge in [0.25, 0.3) is 5.91 Å². The number of carbonyl (C=O) groups excluding carboxylic acids is 1. The number of amidine groups is 1. The normalized spacial score (nSPS) is 26.4. The molecule has 11 heteroatoms. The van der Waals surface area contributed by atoms with Gasteiger partial charge in [-0.1, -0.05) is 50.7 Å². The third kappa shape index (κ3) is 6.23. The summed E-state index contributed by atoms with van der Waals surface area (Å²) in [6, 6.07) is 9.15. The van der Waals surface area contributed by atoms with E-state index in [-0.39, 0.29) is 23.5 Å². The summed E-state index contributed by atoms with van der Waals surface area (Å²) in [4.78, 5) is 22.7. The molecule has 0 saturated carbocycles. The highest BCUT2D eigenvalue weighted by Gasteiger charge is 2.55. The lowest BCUT2D eigenvalue weighted by atomic mass is 9.75. The lowest BCUT2D eigenvalue weighted by Crippen LogP contribution is -2.58. The van der Waals surface area contributed by atoms with Crippen molar-refractivity contribution in [2.45, 2.75) is 62.9 Å². The molecule has 2 aliphatic rings. The molecule has 2 aromatic rings. The maximum absolute atomic E-state index is 12.9. The zero-order valence-corrected chi connectivity index (χ0v) is 26.3. The van der Waals surface area contributed by atoms with Gasteiger partial charge in [0.05, 0.1) is 18.8 Å². The van der Waals surface area contributed by atoms with Crippen LogP contribution in [0.3, 0.4) is 0 Å². The molecule has 1 saturated heterocycles. The SMILES string of the molecule is CC(C)(C)[Si](C)(C)OC[C@@]1(CCO)CC2CSC(NC(=O)c3ccccc3)=N[C@@]2(c2nc(Br)cs2)CO1. The molecule has 0 radical (unpaired) electrons. The van der Waals surface area contributed by atoms with Crippen LogP contribution in [0.15, 0.2) is 45.3 Å². The molecular weight excluding hydrogens is 590 g/mol. The van der Waals surface area contributed by atoms with Crippen LogP contribution in [-0.2, 0) is 14.7 Å². The molecule has 1 amide bonds. The average Bonchev–Trinajstić information content (AvgIpc) is 3.30. The maximum Gasteiger partial charge on any atom is 0.257 e. The Kier molecular flexibility index (Phi) is 8.74. The number of hydrogen-bond acceptors (Lipinski definition) is 8. The van der Waals surface area contributed by atoms with Crippen molar-refractivity contribution in [3.63, 3.8) is 0 Å².